The largest absolute Gasteiger partial charge is 0.376 e. The van der Waals surface area contributed by atoms with Gasteiger partial charge in [0.1, 0.15) is 5.76 Å². The van der Waals surface area contributed by atoms with Gasteiger partial charge in [-0.15, -0.1) is 0 Å². The van der Waals surface area contributed by atoms with Crippen LogP contribution >= 0.6 is 0 Å². The Morgan fingerprint density at radius 2 is 2.04 bits per heavy atom. The fraction of sp³-hybridized carbons (Fsp3) is 0.778. The summed E-state index contributed by atoms with van der Waals surface area (Å²) in [5, 5.41) is 4.05. The normalized spacial score (nSPS) is 30.2. The van der Waals surface area contributed by atoms with E-state index in [0.717, 1.165) is 63.6 Å². The maximum Gasteiger partial charge on any atom is 0.222 e. The van der Waals surface area contributed by atoms with E-state index in [1.807, 2.05) is 18.7 Å². The first-order chi connectivity index (χ1) is 11.6. The second-order valence-electron chi connectivity index (χ2n) is 7.58. The Bertz CT molecular complexity index is 589. The molecule has 1 aromatic rings. The first kappa shape index (κ1) is 16.1. The molecular formula is C18H27N3O3. The van der Waals surface area contributed by atoms with E-state index in [9.17, 15) is 4.79 Å². The van der Waals surface area contributed by atoms with E-state index >= 15 is 0 Å². The highest BCUT2D eigenvalue weighted by Gasteiger charge is 2.44. The lowest BCUT2D eigenvalue weighted by Crippen LogP contribution is -2.32. The average molecular weight is 333 g/mol. The SMILES string of the molecule is Cc1noc(C)c1CN1C[C@@H]2[C@@H](CC(=O)N3CCCC3)CO[C@@H]2C1. The molecule has 3 saturated heterocycles. The van der Waals surface area contributed by atoms with E-state index in [1.165, 1.54) is 5.56 Å². The van der Waals surface area contributed by atoms with Crippen molar-refractivity contribution in [2.75, 3.05) is 32.8 Å². The molecule has 0 bridgehead atoms. The van der Waals surface area contributed by atoms with Crippen LogP contribution in [-0.2, 0) is 16.1 Å². The summed E-state index contributed by atoms with van der Waals surface area (Å²) in [4.78, 5) is 16.9. The summed E-state index contributed by atoms with van der Waals surface area (Å²) in [7, 11) is 0. The number of hydrogen-bond donors (Lipinski definition) is 0. The molecule has 1 aromatic heterocycles. The van der Waals surface area contributed by atoms with Crippen LogP contribution in [0.2, 0.25) is 0 Å². The van der Waals surface area contributed by atoms with Gasteiger partial charge in [-0.05, 0) is 32.6 Å². The molecule has 0 aliphatic carbocycles. The molecule has 0 spiro atoms. The average Bonchev–Trinajstić information content (AvgIpc) is 3.31. The Morgan fingerprint density at radius 3 is 2.75 bits per heavy atom. The maximum atomic E-state index is 12.5. The van der Waals surface area contributed by atoms with E-state index in [1.54, 1.807) is 0 Å². The molecule has 0 saturated carbocycles. The summed E-state index contributed by atoms with van der Waals surface area (Å²) in [6.07, 6.45) is 3.25. The van der Waals surface area contributed by atoms with Crippen molar-refractivity contribution in [3.63, 3.8) is 0 Å². The standard InChI is InChI=1S/C18H27N3O3/c1-12-15(13(2)24-19-12)8-20-9-16-14(11-23-17(16)10-20)7-18(22)21-5-3-4-6-21/h14,16-17H,3-11H2,1-2H3/t14-,16+,17+/m0/s1. The van der Waals surface area contributed by atoms with Crippen LogP contribution in [0.15, 0.2) is 4.52 Å². The van der Waals surface area contributed by atoms with E-state index in [2.05, 4.69) is 10.1 Å². The number of ether oxygens (including phenoxy) is 1. The molecule has 4 heterocycles. The van der Waals surface area contributed by atoms with Crippen molar-refractivity contribution in [2.24, 2.45) is 11.8 Å². The molecule has 0 unspecified atom stereocenters. The van der Waals surface area contributed by atoms with E-state index in [-0.39, 0.29) is 6.10 Å². The smallest absolute Gasteiger partial charge is 0.222 e. The minimum Gasteiger partial charge on any atom is -0.376 e. The van der Waals surface area contributed by atoms with Gasteiger partial charge in [0, 0.05) is 50.6 Å². The Balaban J connectivity index is 1.35. The van der Waals surface area contributed by atoms with Crippen molar-refractivity contribution < 1.29 is 14.1 Å². The topological polar surface area (TPSA) is 58.8 Å². The van der Waals surface area contributed by atoms with Crippen LogP contribution in [0.25, 0.3) is 0 Å². The highest BCUT2D eigenvalue weighted by atomic mass is 16.5. The Morgan fingerprint density at radius 1 is 1.25 bits per heavy atom. The number of fused-ring (bicyclic) bond motifs is 1. The second kappa shape index (κ2) is 6.48. The zero-order valence-electron chi connectivity index (χ0n) is 14.7. The van der Waals surface area contributed by atoms with E-state index < -0.39 is 0 Å². The number of likely N-dealkylation sites (tertiary alicyclic amines) is 2. The van der Waals surface area contributed by atoms with Gasteiger partial charge in [0.15, 0.2) is 0 Å². The summed E-state index contributed by atoms with van der Waals surface area (Å²) < 4.78 is 11.3. The number of nitrogens with zero attached hydrogens (tertiary/aromatic N) is 3. The van der Waals surface area contributed by atoms with Gasteiger partial charge in [-0.2, -0.15) is 0 Å². The zero-order valence-corrected chi connectivity index (χ0v) is 14.7. The third-order valence-corrected chi connectivity index (χ3v) is 5.97. The molecule has 132 valence electrons. The minimum atomic E-state index is 0.279. The third-order valence-electron chi connectivity index (χ3n) is 5.97. The number of hydrogen-bond acceptors (Lipinski definition) is 5. The molecule has 6 nitrogen and oxygen atoms in total. The van der Waals surface area contributed by atoms with Crippen molar-refractivity contribution in [3.05, 3.63) is 17.0 Å². The second-order valence-corrected chi connectivity index (χ2v) is 7.58. The number of rotatable bonds is 4. The van der Waals surface area contributed by atoms with Crippen LogP contribution in [0.3, 0.4) is 0 Å². The quantitative estimate of drug-likeness (QED) is 0.840. The lowest BCUT2D eigenvalue weighted by molar-refractivity contribution is -0.131. The van der Waals surface area contributed by atoms with Crippen molar-refractivity contribution in [1.82, 2.24) is 15.0 Å². The molecule has 3 aliphatic heterocycles. The highest BCUT2D eigenvalue weighted by molar-refractivity contribution is 5.76. The summed E-state index contributed by atoms with van der Waals surface area (Å²) in [6.45, 7) is 9.42. The van der Waals surface area contributed by atoms with E-state index in [0.29, 0.717) is 24.2 Å². The molecule has 4 rings (SSSR count). The summed E-state index contributed by atoms with van der Waals surface area (Å²) in [5.41, 5.74) is 2.17. The predicted octanol–water partition coefficient (Wildman–Crippen LogP) is 1.75. The van der Waals surface area contributed by atoms with Gasteiger partial charge in [-0.25, -0.2) is 0 Å². The van der Waals surface area contributed by atoms with Crippen molar-refractivity contribution >= 4 is 5.91 Å². The van der Waals surface area contributed by atoms with Crippen LogP contribution in [0.1, 0.15) is 36.3 Å². The lowest BCUT2D eigenvalue weighted by Gasteiger charge is -2.22. The van der Waals surface area contributed by atoms with Gasteiger partial charge in [-0.1, -0.05) is 5.16 Å². The number of carbonyl (C=O) groups excluding carboxylic acids is 1. The lowest BCUT2D eigenvalue weighted by atomic mass is 9.90. The van der Waals surface area contributed by atoms with Gasteiger partial charge in [0.2, 0.25) is 5.91 Å². The van der Waals surface area contributed by atoms with Crippen molar-refractivity contribution in [1.29, 1.82) is 0 Å². The van der Waals surface area contributed by atoms with Crippen molar-refractivity contribution in [2.45, 2.75) is 45.8 Å². The monoisotopic (exact) mass is 333 g/mol. The van der Waals surface area contributed by atoms with Crippen LogP contribution < -0.4 is 0 Å². The van der Waals surface area contributed by atoms with Crippen LogP contribution in [0.5, 0.6) is 0 Å². The minimum absolute atomic E-state index is 0.279. The summed E-state index contributed by atoms with van der Waals surface area (Å²) in [6, 6.07) is 0. The number of aryl methyl sites for hydroxylation is 2. The molecule has 0 aromatic carbocycles. The number of amides is 1. The van der Waals surface area contributed by atoms with Crippen LogP contribution in [-0.4, -0.2) is 59.8 Å². The summed E-state index contributed by atoms with van der Waals surface area (Å²) in [5.74, 6) is 2.09. The Labute approximate surface area is 143 Å². The molecule has 3 atom stereocenters. The predicted molar refractivity (Wildman–Crippen MR) is 88.4 cm³/mol. The van der Waals surface area contributed by atoms with E-state index in [4.69, 9.17) is 9.26 Å². The molecule has 0 radical (unpaired) electrons. The fourth-order valence-electron chi connectivity index (χ4n) is 4.49. The molecule has 24 heavy (non-hydrogen) atoms. The maximum absolute atomic E-state index is 12.5. The third kappa shape index (κ3) is 2.97. The van der Waals surface area contributed by atoms with Crippen molar-refractivity contribution in [3.8, 4) is 0 Å². The van der Waals surface area contributed by atoms with Gasteiger partial charge >= 0.3 is 0 Å². The first-order valence-corrected chi connectivity index (χ1v) is 9.15. The highest BCUT2D eigenvalue weighted by Crippen LogP contribution is 2.37. The van der Waals surface area contributed by atoms with Gasteiger partial charge in [0.05, 0.1) is 18.4 Å². The fourth-order valence-corrected chi connectivity index (χ4v) is 4.49. The summed E-state index contributed by atoms with van der Waals surface area (Å²) >= 11 is 0. The molecule has 1 amide bonds. The first-order valence-electron chi connectivity index (χ1n) is 9.15. The van der Waals surface area contributed by atoms with Gasteiger partial charge in [-0.3, -0.25) is 9.69 Å². The van der Waals surface area contributed by atoms with Gasteiger partial charge in [0.25, 0.3) is 0 Å². The molecule has 0 N–H and O–H groups in total. The number of carbonyl (C=O) groups is 1. The van der Waals surface area contributed by atoms with Gasteiger partial charge < -0.3 is 14.2 Å². The Hall–Kier alpha value is -1.40. The molecule has 3 aliphatic rings. The van der Waals surface area contributed by atoms with Crippen LogP contribution in [0, 0.1) is 25.7 Å². The zero-order chi connectivity index (χ0) is 16.7. The molecular weight excluding hydrogens is 306 g/mol. The molecule has 3 fully saturated rings. The molecule has 6 heteroatoms. The Kier molecular flexibility index (Phi) is 4.35. The van der Waals surface area contributed by atoms with Crippen LogP contribution in [0.4, 0.5) is 0 Å². The number of aromatic nitrogens is 1.